The van der Waals surface area contributed by atoms with Crippen molar-refractivity contribution >= 4 is 35.0 Å². The summed E-state index contributed by atoms with van der Waals surface area (Å²) in [6.45, 7) is 2.50. The number of benzene rings is 2. The van der Waals surface area contributed by atoms with Gasteiger partial charge in [-0.3, -0.25) is 9.59 Å². The largest absolute Gasteiger partial charge is 0.489 e. The highest BCUT2D eigenvalue weighted by molar-refractivity contribution is 5.97. The third-order valence-corrected chi connectivity index (χ3v) is 6.72. The number of nitrogens with zero attached hydrogens (tertiary/aromatic N) is 4. The summed E-state index contributed by atoms with van der Waals surface area (Å²) in [7, 11) is 0. The molecule has 10 heteroatoms. The number of fused-ring (bicyclic) bond motifs is 3. The Labute approximate surface area is 208 Å². The lowest BCUT2D eigenvalue weighted by atomic mass is 10.1. The van der Waals surface area contributed by atoms with Crippen molar-refractivity contribution in [3.05, 3.63) is 65.9 Å². The molecule has 10 nitrogen and oxygen atoms in total. The second-order valence-electron chi connectivity index (χ2n) is 9.32. The zero-order valence-corrected chi connectivity index (χ0v) is 19.7. The molecule has 3 aromatic rings. The SMILES string of the molecule is NC(=O)c1cnc(Nc2ccc3c(c2)OC[C@@H]2CN(C(=O)c4ccccc4)CCN32)nc1NC1CC1. The van der Waals surface area contributed by atoms with Crippen molar-refractivity contribution < 1.29 is 14.3 Å². The molecule has 1 aliphatic carbocycles. The van der Waals surface area contributed by atoms with Crippen LogP contribution in [0.4, 0.5) is 23.1 Å². The van der Waals surface area contributed by atoms with Crippen LogP contribution >= 0.6 is 0 Å². The first-order valence-corrected chi connectivity index (χ1v) is 12.1. The summed E-state index contributed by atoms with van der Waals surface area (Å²) in [4.78, 5) is 37.6. The number of carbonyl (C=O) groups is 2. The van der Waals surface area contributed by atoms with E-state index < -0.39 is 5.91 Å². The fourth-order valence-corrected chi connectivity index (χ4v) is 4.68. The van der Waals surface area contributed by atoms with Crippen LogP contribution in [0, 0.1) is 0 Å². The predicted molar refractivity (Wildman–Crippen MR) is 136 cm³/mol. The third kappa shape index (κ3) is 4.37. The summed E-state index contributed by atoms with van der Waals surface area (Å²) in [5.74, 6) is 1.07. The number of amides is 2. The van der Waals surface area contributed by atoms with Gasteiger partial charge in [-0.2, -0.15) is 4.98 Å². The van der Waals surface area contributed by atoms with Gasteiger partial charge in [-0.15, -0.1) is 0 Å². The molecule has 2 aliphatic heterocycles. The minimum Gasteiger partial charge on any atom is -0.489 e. The molecule has 1 saturated heterocycles. The van der Waals surface area contributed by atoms with Crippen LogP contribution in [-0.2, 0) is 0 Å². The number of nitrogens with one attached hydrogen (secondary N) is 2. The van der Waals surface area contributed by atoms with Crippen molar-refractivity contribution in [2.75, 3.05) is 41.8 Å². The van der Waals surface area contributed by atoms with Gasteiger partial charge < -0.3 is 30.9 Å². The van der Waals surface area contributed by atoms with Crippen molar-refractivity contribution in [1.29, 1.82) is 0 Å². The molecule has 2 aromatic carbocycles. The highest BCUT2D eigenvalue weighted by Crippen LogP contribution is 2.38. The number of carbonyl (C=O) groups excluding carboxylic acids is 2. The lowest BCUT2D eigenvalue weighted by Crippen LogP contribution is -2.58. The van der Waals surface area contributed by atoms with Crippen LogP contribution in [0.5, 0.6) is 5.75 Å². The summed E-state index contributed by atoms with van der Waals surface area (Å²) in [5, 5.41) is 6.44. The minimum absolute atomic E-state index is 0.0542. The Bertz CT molecular complexity index is 1310. The molecule has 1 saturated carbocycles. The van der Waals surface area contributed by atoms with E-state index in [0.717, 1.165) is 36.5 Å². The van der Waals surface area contributed by atoms with Crippen LogP contribution < -0.4 is 26.0 Å². The summed E-state index contributed by atoms with van der Waals surface area (Å²) < 4.78 is 6.11. The summed E-state index contributed by atoms with van der Waals surface area (Å²) >= 11 is 0. The number of aromatic nitrogens is 2. The first kappa shape index (κ1) is 22.1. The number of anilines is 4. The quantitative estimate of drug-likeness (QED) is 0.487. The van der Waals surface area contributed by atoms with Crippen LogP contribution in [0.1, 0.15) is 33.6 Å². The lowest BCUT2D eigenvalue weighted by Gasteiger charge is -2.45. The molecule has 2 amide bonds. The van der Waals surface area contributed by atoms with Gasteiger partial charge in [-0.25, -0.2) is 4.98 Å². The Morgan fingerprint density at radius 3 is 2.69 bits per heavy atom. The molecular formula is C26H27N7O3. The zero-order valence-electron chi connectivity index (χ0n) is 19.7. The van der Waals surface area contributed by atoms with E-state index in [0.29, 0.717) is 43.1 Å². The average molecular weight is 486 g/mol. The van der Waals surface area contributed by atoms with E-state index in [-0.39, 0.29) is 17.5 Å². The van der Waals surface area contributed by atoms with Crippen LogP contribution in [0.15, 0.2) is 54.7 Å². The highest BCUT2D eigenvalue weighted by atomic mass is 16.5. The van der Waals surface area contributed by atoms with Gasteiger partial charge in [0.2, 0.25) is 5.95 Å². The van der Waals surface area contributed by atoms with E-state index >= 15 is 0 Å². The number of ether oxygens (including phenoxy) is 1. The first-order valence-electron chi connectivity index (χ1n) is 12.1. The lowest BCUT2D eigenvalue weighted by molar-refractivity contribution is 0.0696. The second-order valence-corrected chi connectivity index (χ2v) is 9.32. The molecule has 1 atom stereocenters. The second kappa shape index (κ2) is 9.03. The number of hydrogen-bond acceptors (Lipinski definition) is 8. The van der Waals surface area contributed by atoms with Gasteiger partial charge in [-0.05, 0) is 37.1 Å². The number of primary amides is 1. The minimum atomic E-state index is -0.563. The molecule has 0 bridgehead atoms. The fraction of sp³-hybridized carbons (Fsp3) is 0.308. The molecule has 4 N–H and O–H groups in total. The maximum atomic E-state index is 12.9. The molecule has 1 aromatic heterocycles. The molecule has 184 valence electrons. The molecule has 3 aliphatic rings. The summed E-state index contributed by atoms with van der Waals surface area (Å²) in [5.41, 5.74) is 8.24. The number of hydrogen-bond donors (Lipinski definition) is 3. The van der Waals surface area contributed by atoms with Crippen molar-refractivity contribution in [2.45, 2.75) is 24.9 Å². The van der Waals surface area contributed by atoms with E-state index in [1.165, 1.54) is 6.20 Å². The van der Waals surface area contributed by atoms with E-state index in [1.807, 2.05) is 53.4 Å². The van der Waals surface area contributed by atoms with E-state index in [2.05, 4.69) is 25.5 Å². The standard InChI is InChI=1S/C26H27N7O3/c27-23(34)20-13-28-26(31-24(20)29-17-6-7-17)30-18-8-9-21-22(12-18)36-15-19-14-32(10-11-33(19)21)25(35)16-4-2-1-3-5-16/h1-5,8-9,12-13,17,19H,6-7,10-11,14-15H2,(H2,27,34)(H2,28,29,30,31)/t19-/m0/s1. The Kier molecular flexibility index (Phi) is 5.55. The molecular weight excluding hydrogens is 458 g/mol. The maximum Gasteiger partial charge on any atom is 0.254 e. The molecule has 0 spiro atoms. The fourth-order valence-electron chi connectivity index (χ4n) is 4.68. The Morgan fingerprint density at radius 2 is 1.92 bits per heavy atom. The van der Waals surface area contributed by atoms with Gasteiger partial charge in [0, 0.05) is 49.2 Å². The van der Waals surface area contributed by atoms with Crippen molar-refractivity contribution in [1.82, 2.24) is 14.9 Å². The van der Waals surface area contributed by atoms with Crippen molar-refractivity contribution in [2.24, 2.45) is 5.73 Å². The van der Waals surface area contributed by atoms with Gasteiger partial charge in [0.25, 0.3) is 11.8 Å². The van der Waals surface area contributed by atoms with E-state index in [4.69, 9.17) is 10.5 Å². The first-order chi connectivity index (χ1) is 17.5. The van der Waals surface area contributed by atoms with Gasteiger partial charge in [-0.1, -0.05) is 18.2 Å². The third-order valence-electron chi connectivity index (χ3n) is 6.72. The molecule has 2 fully saturated rings. The van der Waals surface area contributed by atoms with Crippen molar-refractivity contribution in [3.8, 4) is 5.75 Å². The summed E-state index contributed by atoms with van der Waals surface area (Å²) in [6.07, 6.45) is 3.53. The summed E-state index contributed by atoms with van der Waals surface area (Å²) in [6, 6.07) is 15.7. The number of rotatable bonds is 6. The molecule has 36 heavy (non-hydrogen) atoms. The van der Waals surface area contributed by atoms with E-state index in [9.17, 15) is 9.59 Å². The smallest absolute Gasteiger partial charge is 0.254 e. The molecule has 6 rings (SSSR count). The van der Waals surface area contributed by atoms with Crippen LogP contribution in [0.25, 0.3) is 0 Å². The maximum absolute atomic E-state index is 12.9. The van der Waals surface area contributed by atoms with Crippen LogP contribution in [0.3, 0.4) is 0 Å². The number of nitrogens with two attached hydrogens (primary N) is 1. The predicted octanol–water partition coefficient (Wildman–Crippen LogP) is 2.62. The molecule has 3 heterocycles. The normalized spacial score (nSPS) is 18.5. The van der Waals surface area contributed by atoms with Crippen LogP contribution in [0.2, 0.25) is 0 Å². The number of piperazine rings is 1. The van der Waals surface area contributed by atoms with Gasteiger partial charge >= 0.3 is 0 Å². The highest BCUT2D eigenvalue weighted by Gasteiger charge is 2.35. The average Bonchev–Trinajstić information content (AvgIpc) is 3.72. The Hall–Kier alpha value is -4.34. The zero-order chi connectivity index (χ0) is 24.6. The Balaban J connectivity index is 1.16. The Morgan fingerprint density at radius 1 is 1.08 bits per heavy atom. The monoisotopic (exact) mass is 485 g/mol. The van der Waals surface area contributed by atoms with E-state index in [1.54, 1.807) is 0 Å². The van der Waals surface area contributed by atoms with Crippen molar-refractivity contribution in [3.63, 3.8) is 0 Å². The van der Waals surface area contributed by atoms with Gasteiger partial charge in [0.1, 0.15) is 18.2 Å². The molecule has 0 unspecified atom stereocenters. The van der Waals surface area contributed by atoms with Gasteiger partial charge in [0.15, 0.2) is 0 Å². The van der Waals surface area contributed by atoms with Crippen LogP contribution in [-0.4, -0.2) is 65.0 Å². The topological polar surface area (TPSA) is 126 Å². The van der Waals surface area contributed by atoms with Gasteiger partial charge in [0.05, 0.1) is 17.3 Å². The molecule has 0 radical (unpaired) electrons.